The summed E-state index contributed by atoms with van der Waals surface area (Å²) in [6.07, 6.45) is -0.265. The summed E-state index contributed by atoms with van der Waals surface area (Å²) in [5, 5.41) is 8.80. The fourth-order valence-corrected chi connectivity index (χ4v) is 4.06. The number of nitrogens with one attached hydrogen (secondary N) is 1. The molecule has 5 rings (SSSR count). The Hall–Kier alpha value is -4.02. The zero-order chi connectivity index (χ0) is 24.7. The van der Waals surface area contributed by atoms with Crippen LogP contribution in [0.3, 0.4) is 0 Å². The second-order valence-electron chi connectivity index (χ2n) is 8.44. The molecular formula is C24H18F4N4O3. The normalized spacial score (nSPS) is 17.8. The lowest BCUT2D eigenvalue weighted by molar-refractivity contribution is -0.140. The number of aromatic amines is 1. The lowest BCUT2D eigenvalue weighted by Crippen LogP contribution is -2.35. The molecule has 7 nitrogen and oxygen atoms in total. The van der Waals surface area contributed by atoms with Gasteiger partial charge in [0, 0.05) is 24.4 Å². The van der Waals surface area contributed by atoms with Gasteiger partial charge in [-0.3, -0.25) is 4.79 Å². The molecule has 35 heavy (non-hydrogen) atoms. The van der Waals surface area contributed by atoms with E-state index in [4.69, 9.17) is 9.84 Å². The van der Waals surface area contributed by atoms with Crippen molar-refractivity contribution in [3.63, 3.8) is 0 Å². The van der Waals surface area contributed by atoms with Crippen LogP contribution >= 0.6 is 0 Å². The molecule has 1 aliphatic carbocycles. The predicted octanol–water partition coefficient (Wildman–Crippen LogP) is 5.48. The summed E-state index contributed by atoms with van der Waals surface area (Å²) in [5.74, 6) is -1.23. The van der Waals surface area contributed by atoms with Crippen molar-refractivity contribution in [2.45, 2.75) is 31.5 Å². The molecule has 1 aliphatic rings. The van der Waals surface area contributed by atoms with Crippen molar-refractivity contribution in [1.82, 2.24) is 19.9 Å². The second kappa shape index (κ2) is 8.64. The van der Waals surface area contributed by atoms with Crippen LogP contribution in [0.4, 0.5) is 17.6 Å². The van der Waals surface area contributed by atoms with E-state index in [9.17, 15) is 22.4 Å². The van der Waals surface area contributed by atoms with E-state index in [1.54, 1.807) is 6.07 Å². The van der Waals surface area contributed by atoms with Gasteiger partial charge in [-0.15, -0.1) is 0 Å². The number of H-pyrrole nitrogens is 1. The average Bonchev–Trinajstić information content (AvgIpc) is 3.20. The topological polar surface area (TPSA) is 101 Å². The Labute approximate surface area is 195 Å². The van der Waals surface area contributed by atoms with Gasteiger partial charge in [-0.25, -0.2) is 19.3 Å². The maximum absolute atomic E-state index is 14.9. The number of halogens is 4. The fourth-order valence-electron chi connectivity index (χ4n) is 4.06. The zero-order valence-corrected chi connectivity index (χ0v) is 18.0. The van der Waals surface area contributed by atoms with E-state index >= 15 is 0 Å². The number of carboxylic acid groups (broad SMARTS) is 1. The third kappa shape index (κ3) is 4.79. The van der Waals surface area contributed by atoms with Gasteiger partial charge in [-0.2, -0.15) is 13.2 Å². The van der Waals surface area contributed by atoms with Crippen LogP contribution in [-0.4, -0.2) is 37.1 Å². The Bertz CT molecular complexity index is 1400. The predicted molar refractivity (Wildman–Crippen MR) is 117 cm³/mol. The number of hydrogen-bond donors (Lipinski definition) is 2. The molecule has 11 heteroatoms. The highest BCUT2D eigenvalue weighted by Gasteiger charge is 2.33. The molecule has 2 N–H and O–H groups in total. The van der Waals surface area contributed by atoms with Crippen LogP contribution in [0, 0.1) is 11.7 Å². The van der Waals surface area contributed by atoms with E-state index in [-0.39, 0.29) is 41.4 Å². The van der Waals surface area contributed by atoms with Gasteiger partial charge >= 0.3 is 18.2 Å². The first-order valence-electron chi connectivity index (χ1n) is 10.7. The summed E-state index contributed by atoms with van der Waals surface area (Å²) in [6, 6.07) is 7.65. The van der Waals surface area contributed by atoms with Crippen LogP contribution in [0.25, 0.3) is 33.5 Å². The van der Waals surface area contributed by atoms with Gasteiger partial charge < -0.3 is 14.8 Å². The van der Waals surface area contributed by atoms with Crippen LogP contribution in [0.2, 0.25) is 0 Å². The van der Waals surface area contributed by atoms with E-state index in [0.29, 0.717) is 29.5 Å². The van der Waals surface area contributed by atoms with Gasteiger partial charge in [-0.1, -0.05) is 6.07 Å². The summed E-state index contributed by atoms with van der Waals surface area (Å²) < 4.78 is 59.4. The van der Waals surface area contributed by atoms with Crippen molar-refractivity contribution in [2.75, 3.05) is 0 Å². The summed E-state index contributed by atoms with van der Waals surface area (Å²) >= 11 is 0. The zero-order valence-electron chi connectivity index (χ0n) is 18.0. The van der Waals surface area contributed by atoms with Gasteiger partial charge in [0.25, 0.3) is 0 Å². The highest BCUT2D eigenvalue weighted by Crippen LogP contribution is 2.34. The Balaban J connectivity index is 1.30. The third-order valence-electron chi connectivity index (χ3n) is 5.92. The molecule has 0 spiro atoms. The van der Waals surface area contributed by atoms with Gasteiger partial charge in [0.2, 0.25) is 0 Å². The SMILES string of the molecule is O=C(O)CC1CC(Oc2ncc(-c3ccc(-c4nc5ccc(C(F)(F)F)cc5[nH]4)c(F)c3)cn2)C1. The van der Waals surface area contributed by atoms with Crippen molar-refractivity contribution in [2.24, 2.45) is 5.92 Å². The molecule has 2 heterocycles. The van der Waals surface area contributed by atoms with Crippen molar-refractivity contribution < 1.29 is 32.2 Å². The van der Waals surface area contributed by atoms with E-state index in [1.165, 1.54) is 30.6 Å². The minimum Gasteiger partial charge on any atom is -0.481 e. The number of nitrogens with zero attached hydrogens (tertiary/aromatic N) is 3. The number of aromatic nitrogens is 4. The number of hydrogen-bond acceptors (Lipinski definition) is 5. The van der Waals surface area contributed by atoms with Gasteiger partial charge in [0.15, 0.2) is 0 Å². The molecule has 0 atom stereocenters. The summed E-state index contributed by atoms with van der Waals surface area (Å²) in [6.45, 7) is 0. The van der Waals surface area contributed by atoms with Crippen LogP contribution < -0.4 is 4.74 Å². The van der Waals surface area contributed by atoms with Crippen molar-refractivity contribution in [1.29, 1.82) is 0 Å². The smallest absolute Gasteiger partial charge is 0.416 e. The van der Waals surface area contributed by atoms with Gasteiger partial charge in [0.1, 0.15) is 17.7 Å². The lowest BCUT2D eigenvalue weighted by Gasteiger charge is -2.33. The highest BCUT2D eigenvalue weighted by atomic mass is 19.4. The first kappa shape index (κ1) is 22.8. The first-order chi connectivity index (χ1) is 16.7. The van der Waals surface area contributed by atoms with E-state index in [0.717, 1.165) is 12.1 Å². The molecule has 0 saturated heterocycles. The number of carbonyl (C=O) groups is 1. The molecular weight excluding hydrogens is 468 g/mol. The van der Waals surface area contributed by atoms with E-state index < -0.39 is 23.5 Å². The number of rotatable bonds is 6. The average molecular weight is 486 g/mol. The molecule has 4 aromatic rings. The molecule has 1 fully saturated rings. The van der Waals surface area contributed by atoms with E-state index in [2.05, 4.69) is 19.9 Å². The van der Waals surface area contributed by atoms with Gasteiger partial charge in [-0.05, 0) is 54.7 Å². The molecule has 180 valence electrons. The largest absolute Gasteiger partial charge is 0.481 e. The van der Waals surface area contributed by atoms with Crippen molar-refractivity contribution in [3.8, 4) is 28.5 Å². The summed E-state index contributed by atoms with van der Waals surface area (Å²) in [7, 11) is 0. The van der Waals surface area contributed by atoms with E-state index in [1.807, 2.05) is 0 Å². The molecule has 0 amide bonds. The quantitative estimate of drug-likeness (QED) is 0.350. The van der Waals surface area contributed by atoms with Gasteiger partial charge in [0.05, 0.1) is 22.2 Å². The van der Waals surface area contributed by atoms with Crippen LogP contribution in [0.5, 0.6) is 6.01 Å². The number of carboxylic acids is 1. The number of imidazole rings is 1. The minimum atomic E-state index is -4.49. The third-order valence-corrected chi connectivity index (χ3v) is 5.92. The highest BCUT2D eigenvalue weighted by molar-refractivity contribution is 5.80. The number of benzene rings is 2. The summed E-state index contributed by atoms with van der Waals surface area (Å²) in [5.41, 5.74) is 0.781. The Morgan fingerprint density at radius 2 is 1.83 bits per heavy atom. The van der Waals surface area contributed by atoms with Crippen molar-refractivity contribution >= 4 is 17.0 Å². The van der Waals surface area contributed by atoms with Crippen LogP contribution in [0.15, 0.2) is 48.8 Å². The van der Waals surface area contributed by atoms with Crippen molar-refractivity contribution in [3.05, 3.63) is 60.2 Å². The Morgan fingerprint density at radius 1 is 1.09 bits per heavy atom. The lowest BCUT2D eigenvalue weighted by atomic mass is 9.80. The molecule has 0 radical (unpaired) electrons. The maximum Gasteiger partial charge on any atom is 0.416 e. The molecule has 0 aliphatic heterocycles. The second-order valence-corrected chi connectivity index (χ2v) is 8.44. The Kier molecular flexibility index (Phi) is 5.62. The molecule has 0 unspecified atom stereocenters. The standard InChI is InChI=1S/C24H18F4N4O3/c25-18-8-13(14-10-29-23(30-11-14)35-16-5-12(6-16)7-21(33)34)1-3-17(18)22-31-19-4-2-15(24(26,27)28)9-20(19)32-22/h1-4,8-12,16H,5-7H2,(H,31,32)(H,33,34). The minimum absolute atomic E-state index is 0.0942. The number of aliphatic carboxylic acids is 1. The Morgan fingerprint density at radius 3 is 2.49 bits per heavy atom. The number of alkyl halides is 3. The fraction of sp³-hybridized carbons (Fsp3) is 0.250. The summed E-state index contributed by atoms with van der Waals surface area (Å²) in [4.78, 5) is 26.0. The maximum atomic E-state index is 14.9. The first-order valence-corrected chi connectivity index (χ1v) is 10.7. The van der Waals surface area contributed by atoms with Crippen LogP contribution in [-0.2, 0) is 11.0 Å². The molecule has 0 bridgehead atoms. The van der Waals surface area contributed by atoms with Crippen LogP contribution in [0.1, 0.15) is 24.8 Å². The number of fused-ring (bicyclic) bond motifs is 1. The molecule has 2 aromatic heterocycles. The molecule has 2 aromatic carbocycles. The number of ether oxygens (including phenoxy) is 1. The molecule has 1 saturated carbocycles. The monoisotopic (exact) mass is 486 g/mol.